The Labute approximate surface area is 187 Å². The highest BCUT2D eigenvalue weighted by atomic mass is 32.2. The quantitative estimate of drug-likeness (QED) is 0.574. The summed E-state index contributed by atoms with van der Waals surface area (Å²) in [5.74, 6) is 0.569. The van der Waals surface area contributed by atoms with Gasteiger partial charge in [0, 0.05) is 12.1 Å². The smallest absolute Gasteiger partial charge is 0.251 e. The highest BCUT2D eigenvalue weighted by Gasteiger charge is 2.32. The molecule has 1 aliphatic rings. The monoisotopic (exact) mass is 430 g/mol. The van der Waals surface area contributed by atoms with Crippen molar-refractivity contribution in [2.75, 3.05) is 12.3 Å². The van der Waals surface area contributed by atoms with E-state index >= 15 is 0 Å². The zero-order chi connectivity index (χ0) is 21.6. The number of hydrogen-bond acceptors (Lipinski definition) is 3. The zero-order valence-corrected chi connectivity index (χ0v) is 18.3. The van der Waals surface area contributed by atoms with Crippen molar-refractivity contribution in [3.8, 4) is 0 Å². The average molecular weight is 431 g/mol. The second-order valence-corrected chi connectivity index (χ2v) is 8.78. The SMILES string of the molecule is C[C@@H](NC(=O)c1ccc(C2SCC(=O)N2CCc2ccccc2)cc1)c1ccccc1. The molecule has 1 N–H and O–H groups in total. The first kappa shape index (κ1) is 21.2. The standard InChI is InChI=1S/C26H26N2O2S/c1-19(21-10-6-3-7-11-21)27-25(30)22-12-14-23(15-13-22)26-28(24(29)18-31-26)17-16-20-8-4-2-5-9-20/h2-15,19,26H,16-18H2,1H3,(H,27,30)/t19-,26?/m1/s1. The Hall–Kier alpha value is -3.05. The van der Waals surface area contributed by atoms with Crippen LogP contribution >= 0.6 is 11.8 Å². The summed E-state index contributed by atoms with van der Waals surface area (Å²) in [5.41, 5.74) is 3.97. The lowest BCUT2D eigenvalue weighted by Crippen LogP contribution is -2.30. The van der Waals surface area contributed by atoms with Gasteiger partial charge in [0.25, 0.3) is 5.91 Å². The van der Waals surface area contributed by atoms with Gasteiger partial charge in [-0.3, -0.25) is 9.59 Å². The number of carbonyl (C=O) groups is 2. The Morgan fingerprint density at radius 1 is 1.00 bits per heavy atom. The third kappa shape index (κ3) is 5.17. The maximum Gasteiger partial charge on any atom is 0.251 e. The molecule has 0 saturated carbocycles. The van der Waals surface area contributed by atoms with E-state index in [2.05, 4.69) is 17.4 Å². The Balaban J connectivity index is 1.40. The minimum Gasteiger partial charge on any atom is -0.346 e. The van der Waals surface area contributed by atoms with Crippen molar-refractivity contribution in [3.63, 3.8) is 0 Å². The highest BCUT2D eigenvalue weighted by molar-refractivity contribution is 8.00. The normalized spacial score (nSPS) is 16.9. The predicted octanol–water partition coefficient (Wildman–Crippen LogP) is 4.99. The van der Waals surface area contributed by atoms with Gasteiger partial charge in [0.05, 0.1) is 11.8 Å². The van der Waals surface area contributed by atoms with Gasteiger partial charge in [0.15, 0.2) is 0 Å². The molecule has 3 aromatic rings. The molecule has 158 valence electrons. The summed E-state index contributed by atoms with van der Waals surface area (Å²) in [4.78, 5) is 27.1. The highest BCUT2D eigenvalue weighted by Crippen LogP contribution is 2.38. The van der Waals surface area contributed by atoms with E-state index < -0.39 is 0 Å². The molecule has 3 aromatic carbocycles. The van der Waals surface area contributed by atoms with Crippen LogP contribution < -0.4 is 5.32 Å². The van der Waals surface area contributed by atoms with Crippen LogP contribution in [0.1, 0.15) is 45.4 Å². The number of rotatable bonds is 7. The molecule has 1 heterocycles. The lowest BCUT2D eigenvalue weighted by molar-refractivity contribution is -0.128. The van der Waals surface area contributed by atoms with E-state index in [9.17, 15) is 9.59 Å². The van der Waals surface area contributed by atoms with Crippen LogP contribution in [0, 0.1) is 0 Å². The minimum atomic E-state index is -0.0982. The van der Waals surface area contributed by atoms with Crippen LogP contribution in [0.5, 0.6) is 0 Å². The molecular formula is C26H26N2O2S. The van der Waals surface area contributed by atoms with Gasteiger partial charge >= 0.3 is 0 Å². The Morgan fingerprint density at radius 2 is 1.65 bits per heavy atom. The zero-order valence-electron chi connectivity index (χ0n) is 17.5. The van der Waals surface area contributed by atoms with Gasteiger partial charge < -0.3 is 10.2 Å². The third-order valence-corrected chi connectivity index (χ3v) is 6.81. The van der Waals surface area contributed by atoms with Crippen molar-refractivity contribution in [1.29, 1.82) is 0 Å². The van der Waals surface area contributed by atoms with Crippen LogP contribution in [0.3, 0.4) is 0 Å². The second kappa shape index (κ2) is 9.84. The van der Waals surface area contributed by atoms with Gasteiger partial charge in [-0.1, -0.05) is 72.8 Å². The first-order valence-electron chi connectivity index (χ1n) is 10.5. The van der Waals surface area contributed by atoms with Gasteiger partial charge in [-0.15, -0.1) is 11.8 Å². The molecule has 5 heteroatoms. The van der Waals surface area contributed by atoms with Crippen molar-refractivity contribution in [1.82, 2.24) is 10.2 Å². The fourth-order valence-corrected chi connectivity index (χ4v) is 4.99. The molecule has 0 radical (unpaired) electrons. The molecule has 1 aliphatic heterocycles. The van der Waals surface area contributed by atoms with Crippen molar-refractivity contribution in [3.05, 3.63) is 107 Å². The summed E-state index contributed by atoms with van der Waals surface area (Å²) >= 11 is 1.64. The van der Waals surface area contributed by atoms with Crippen LogP contribution in [0.15, 0.2) is 84.9 Å². The van der Waals surface area contributed by atoms with Crippen LogP contribution in [-0.4, -0.2) is 29.0 Å². The largest absolute Gasteiger partial charge is 0.346 e. The summed E-state index contributed by atoms with van der Waals surface area (Å²) in [5, 5.41) is 3.04. The number of amides is 2. The third-order valence-electron chi connectivity index (χ3n) is 5.56. The first-order chi connectivity index (χ1) is 15.1. The molecule has 2 atom stereocenters. The topological polar surface area (TPSA) is 49.4 Å². The molecule has 0 aromatic heterocycles. The molecule has 0 bridgehead atoms. The van der Waals surface area contributed by atoms with Crippen LogP contribution in [0.25, 0.3) is 0 Å². The molecule has 4 nitrogen and oxygen atoms in total. The average Bonchev–Trinajstić information content (AvgIpc) is 3.19. The molecular weight excluding hydrogens is 404 g/mol. The second-order valence-electron chi connectivity index (χ2n) is 7.71. The van der Waals surface area contributed by atoms with E-state index in [-0.39, 0.29) is 23.2 Å². The maximum absolute atomic E-state index is 12.7. The number of carbonyl (C=O) groups excluding carboxylic acids is 2. The van der Waals surface area contributed by atoms with Gasteiger partial charge in [-0.2, -0.15) is 0 Å². The molecule has 1 fully saturated rings. The van der Waals surface area contributed by atoms with E-state index in [1.807, 2.05) is 84.6 Å². The van der Waals surface area contributed by atoms with E-state index in [0.29, 0.717) is 17.9 Å². The van der Waals surface area contributed by atoms with Crippen molar-refractivity contribution in [2.45, 2.75) is 24.8 Å². The van der Waals surface area contributed by atoms with Gasteiger partial charge in [-0.05, 0) is 42.2 Å². The van der Waals surface area contributed by atoms with Gasteiger partial charge in [0.2, 0.25) is 5.91 Å². The van der Waals surface area contributed by atoms with Crippen LogP contribution in [0.4, 0.5) is 0 Å². The molecule has 31 heavy (non-hydrogen) atoms. The molecule has 0 spiro atoms. The number of hydrogen-bond donors (Lipinski definition) is 1. The Morgan fingerprint density at radius 3 is 2.32 bits per heavy atom. The Kier molecular flexibility index (Phi) is 6.73. The molecule has 4 rings (SSSR count). The van der Waals surface area contributed by atoms with E-state index in [1.165, 1.54) is 5.56 Å². The maximum atomic E-state index is 12.7. The fourth-order valence-electron chi connectivity index (χ4n) is 3.77. The first-order valence-corrected chi connectivity index (χ1v) is 11.6. The lowest BCUT2D eigenvalue weighted by atomic mass is 10.1. The van der Waals surface area contributed by atoms with Gasteiger partial charge in [-0.25, -0.2) is 0 Å². The minimum absolute atomic E-state index is 0.00318. The summed E-state index contributed by atoms with van der Waals surface area (Å²) in [6, 6.07) is 27.7. The van der Waals surface area contributed by atoms with E-state index in [4.69, 9.17) is 0 Å². The summed E-state index contributed by atoms with van der Waals surface area (Å²) in [6.45, 7) is 2.67. The summed E-state index contributed by atoms with van der Waals surface area (Å²) < 4.78 is 0. The molecule has 2 amide bonds. The molecule has 1 saturated heterocycles. The number of benzene rings is 3. The van der Waals surface area contributed by atoms with Crippen molar-refractivity contribution < 1.29 is 9.59 Å². The number of nitrogens with one attached hydrogen (secondary N) is 1. The van der Waals surface area contributed by atoms with E-state index in [0.717, 1.165) is 17.5 Å². The van der Waals surface area contributed by atoms with Crippen LogP contribution in [-0.2, 0) is 11.2 Å². The van der Waals surface area contributed by atoms with Gasteiger partial charge in [0.1, 0.15) is 5.37 Å². The van der Waals surface area contributed by atoms with Crippen LogP contribution in [0.2, 0.25) is 0 Å². The number of nitrogens with zero attached hydrogens (tertiary/aromatic N) is 1. The summed E-state index contributed by atoms with van der Waals surface area (Å²) in [6.07, 6.45) is 0.835. The summed E-state index contributed by atoms with van der Waals surface area (Å²) in [7, 11) is 0. The predicted molar refractivity (Wildman–Crippen MR) is 126 cm³/mol. The van der Waals surface area contributed by atoms with E-state index in [1.54, 1.807) is 11.8 Å². The molecule has 0 aliphatic carbocycles. The fraction of sp³-hybridized carbons (Fsp3) is 0.231. The number of thioether (sulfide) groups is 1. The lowest BCUT2D eigenvalue weighted by Gasteiger charge is -2.24. The molecule has 1 unspecified atom stereocenters. The Bertz CT molecular complexity index is 1020. The van der Waals surface area contributed by atoms with Crippen molar-refractivity contribution in [2.24, 2.45) is 0 Å². The van der Waals surface area contributed by atoms with Crippen molar-refractivity contribution >= 4 is 23.6 Å².